The Hall–Kier alpha value is -0.830. The van der Waals surface area contributed by atoms with Crippen molar-refractivity contribution in [1.82, 2.24) is 0 Å². The summed E-state index contributed by atoms with van der Waals surface area (Å²) in [6.45, 7) is 11.2. The van der Waals surface area contributed by atoms with Crippen molar-refractivity contribution in [2.24, 2.45) is 16.7 Å². The molecule has 3 rings (SSSR count). The number of hydrogen-bond acceptors (Lipinski definition) is 3. The van der Waals surface area contributed by atoms with Crippen LogP contribution in [0.3, 0.4) is 0 Å². The van der Waals surface area contributed by atoms with E-state index in [1.807, 2.05) is 0 Å². The van der Waals surface area contributed by atoms with E-state index in [9.17, 15) is 4.79 Å². The van der Waals surface area contributed by atoms with E-state index in [0.29, 0.717) is 11.3 Å². The third kappa shape index (κ3) is 1.45. The Balaban J connectivity index is 2.00. The SMILES string of the molecule is C=C1[C@@]2(C(=O)OC)O[C@H]2C[C@H]2C(C)(C)CCC[C@]12C. The first-order valence-corrected chi connectivity index (χ1v) is 7.25. The van der Waals surface area contributed by atoms with Gasteiger partial charge in [0.25, 0.3) is 0 Å². The minimum absolute atomic E-state index is 0.00292. The standard InChI is InChI=1S/C16H24O3/c1-10-15(4)8-6-7-14(2,3)11(15)9-12-16(10,19-12)13(17)18-5/h11-12H,1,6-9H2,2-5H3/t11-,12-,15+,16+/m0/s1. The second-order valence-corrected chi connectivity index (χ2v) is 7.36. The lowest BCUT2D eigenvalue weighted by Gasteiger charge is -2.54. The van der Waals surface area contributed by atoms with Gasteiger partial charge in [-0.05, 0) is 41.6 Å². The van der Waals surface area contributed by atoms with Crippen molar-refractivity contribution in [1.29, 1.82) is 0 Å². The summed E-state index contributed by atoms with van der Waals surface area (Å²) in [7, 11) is 1.43. The molecular formula is C16H24O3. The Morgan fingerprint density at radius 1 is 1.37 bits per heavy atom. The smallest absolute Gasteiger partial charge is 0.345 e. The highest BCUT2D eigenvalue weighted by Crippen LogP contribution is 2.67. The maximum absolute atomic E-state index is 12.1. The molecule has 0 aromatic carbocycles. The molecule has 2 aliphatic carbocycles. The highest BCUT2D eigenvalue weighted by Gasteiger charge is 2.74. The summed E-state index contributed by atoms with van der Waals surface area (Å²) in [6.07, 6.45) is 4.49. The zero-order chi connectivity index (χ0) is 14.1. The number of carbonyl (C=O) groups excluding carboxylic acids is 1. The van der Waals surface area contributed by atoms with E-state index in [1.165, 1.54) is 20.0 Å². The first-order chi connectivity index (χ1) is 8.79. The summed E-state index contributed by atoms with van der Waals surface area (Å²) >= 11 is 0. The minimum Gasteiger partial charge on any atom is -0.467 e. The molecule has 0 radical (unpaired) electrons. The van der Waals surface area contributed by atoms with Crippen LogP contribution in [0.2, 0.25) is 0 Å². The van der Waals surface area contributed by atoms with Crippen molar-refractivity contribution >= 4 is 5.97 Å². The van der Waals surface area contributed by atoms with Crippen LogP contribution in [0.5, 0.6) is 0 Å². The van der Waals surface area contributed by atoms with Gasteiger partial charge in [-0.1, -0.05) is 33.8 Å². The fourth-order valence-electron chi connectivity index (χ4n) is 4.83. The molecule has 0 unspecified atom stereocenters. The average molecular weight is 264 g/mol. The molecule has 0 spiro atoms. The molecule has 19 heavy (non-hydrogen) atoms. The average Bonchev–Trinajstić information content (AvgIpc) is 3.07. The van der Waals surface area contributed by atoms with Gasteiger partial charge in [0, 0.05) is 0 Å². The van der Waals surface area contributed by atoms with Gasteiger partial charge in [-0.2, -0.15) is 0 Å². The number of fused-ring (bicyclic) bond motifs is 2. The van der Waals surface area contributed by atoms with Crippen LogP contribution in [0.25, 0.3) is 0 Å². The molecule has 106 valence electrons. The second-order valence-electron chi connectivity index (χ2n) is 7.36. The molecule has 0 aromatic heterocycles. The Bertz CT molecular complexity index is 453. The summed E-state index contributed by atoms with van der Waals surface area (Å²) in [5.74, 6) is 0.289. The summed E-state index contributed by atoms with van der Waals surface area (Å²) in [6, 6.07) is 0. The zero-order valence-electron chi connectivity index (χ0n) is 12.4. The Morgan fingerprint density at radius 3 is 2.68 bits per heavy atom. The van der Waals surface area contributed by atoms with Gasteiger partial charge in [0.15, 0.2) is 0 Å². The predicted molar refractivity (Wildman–Crippen MR) is 72.6 cm³/mol. The van der Waals surface area contributed by atoms with Crippen LogP contribution in [-0.4, -0.2) is 24.8 Å². The molecule has 3 fully saturated rings. The lowest BCUT2D eigenvalue weighted by molar-refractivity contribution is -0.147. The lowest BCUT2D eigenvalue weighted by atomic mass is 9.49. The van der Waals surface area contributed by atoms with Crippen molar-refractivity contribution in [3.63, 3.8) is 0 Å². The second kappa shape index (κ2) is 3.63. The van der Waals surface area contributed by atoms with Crippen LogP contribution in [0, 0.1) is 16.7 Å². The predicted octanol–water partition coefficient (Wildman–Crippen LogP) is 3.09. The molecule has 4 atom stereocenters. The topological polar surface area (TPSA) is 38.8 Å². The van der Waals surface area contributed by atoms with Gasteiger partial charge < -0.3 is 9.47 Å². The molecular weight excluding hydrogens is 240 g/mol. The number of methoxy groups -OCH3 is 1. The molecule has 0 N–H and O–H groups in total. The molecule has 1 heterocycles. The van der Waals surface area contributed by atoms with Gasteiger partial charge in [-0.15, -0.1) is 0 Å². The van der Waals surface area contributed by atoms with Crippen molar-refractivity contribution in [3.8, 4) is 0 Å². The van der Waals surface area contributed by atoms with Crippen molar-refractivity contribution in [2.45, 2.75) is 58.2 Å². The highest BCUT2D eigenvalue weighted by atomic mass is 16.7. The van der Waals surface area contributed by atoms with E-state index >= 15 is 0 Å². The van der Waals surface area contributed by atoms with Gasteiger partial charge >= 0.3 is 5.97 Å². The number of epoxide rings is 1. The number of ether oxygens (including phenoxy) is 2. The van der Waals surface area contributed by atoms with Crippen LogP contribution >= 0.6 is 0 Å². The van der Waals surface area contributed by atoms with E-state index in [-0.39, 0.29) is 17.5 Å². The molecule has 3 nitrogen and oxygen atoms in total. The van der Waals surface area contributed by atoms with Gasteiger partial charge in [0.2, 0.25) is 5.60 Å². The van der Waals surface area contributed by atoms with Gasteiger partial charge in [-0.25, -0.2) is 4.79 Å². The van der Waals surface area contributed by atoms with Gasteiger partial charge in [0.1, 0.15) is 6.10 Å². The van der Waals surface area contributed by atoms with Crippen LogP contribution in [0.1, 0.15) is 46.5 Å². The number of esters is 1. The Kier molecular flexibility index (Phi) is 2.52. The van der Waals surface area contributed by atoms with Crippen LogP contribution < -0.4 is 0 Å². The number of carbonyl (C=O) groups is 1. The third-order valence-electron chi connectivity index (χ3n) is 6.03. The molecule has 1 saturated heterocycles. The van der Waals surface area contributed by atoms with Crippen molar-refractivity contribution in [3.05, 3.63) is 12.2 Å². The summed E-state index contributed by atoms with van der Waals surface area (Å²) in [4.78, 5) is 12.1. The van der Waals surface area contributed by atoms with Gasteiger partial charge in [-0.3, -0.25) is 0 Å². The first kappa shape index (κ1) is 13.2. The van der Waals surface area contributed by atoms with Crippen LogP contribution in [0.4, 0.5) is 0 Å². The molecule has 3 aliphatic rings. The van der Waals surface area contributed by atoms with Crippen molar-refractivity contribution in [2.75, 3.05) is 7.11 Å². The van der Waals surface area contributed by atoms with Crippen LogP contribution in [-0.2, 0) is 14.3 Å². The lowest BCUT2D eigenvalue weighted by Crippen LogP contribution is -2.52. The van der Waals surface area contributed by atoms with Gasteiger partial charge in [0.05, 0.1) is 7.11 Å². The van der Waals surface area contributed by atoms with E-state index in [2.05, 4.69) is 27.4 Å². The largest absolute Gasteiger partial charge is 0.467 e. The summed E-state index contributed by atoms with van der Waals surface area (Å²) < 4.78 is 10.8. The number of rotatable bonds is 1. The summed E-state index contributed by atoms with van der Waals surface area (Å²) in [5.41, 5.74) is 0.432. The molecule has 1 aliphatic heterocycles. The highest BCUT2D eigenvalue weighted by molar-refractivity contribution is 5.88. The molecule has 3 heteroatoms. The molecule has 2 saturated carbocycles. The van der Waals surface area contributed by atoms with Crippen LogP contribution in [0.15, 0.2) is 12.2 Å². The first-order valence-electron chi connectivity index (χ1n) is 7.25. The zero-order valence-corrected chi connectivity index (χ0v) is 12.4. The maximum Gasteiger partial charge on any atom is 0.345 e. The Labute approximate surface area is 115 Å². The molecule has 0 bridgehead atoms. The maximum atomic E-state index is 12.1. The fraction of sp³-hybridized carbons (Fsp3) is 0.812. The monoisotopic (exact) mass is 264 g/mol. The third-order valence-corrected chi connectivity index (χ3v) is 6.03. The Morgan fingerprint density at radius 2 is 2.05 bits per heavy atom. The quantitative estimate of drug-likeness (QED) is 0.415. The summed E-state index contributed by atoms with van der Waals surface area (Å²) in [5, 5.41) is 0. The number of hydrogen-bond donors (Lipinski definition) is 0. The minimum atomic E-state index is -0.826. The fourth-order valence-corrected chi connectivity index (χ4v) is 4.83. The van der Waals surface area contributed by atoms with E-state index < -0.39 is 5.60 Å². The molecule has 0 aromatic rings. The molecule has 0 amide bonds. The van der Waals surface area contributed by atoms with E-state index in [0.717, 1.165) is 18.4 Å². The normalized spacial score (nSPS) is 47.1. The van der Waals surface area contributed by atoms with Crippen molar-refractivity contribution < 1.29 is 14.3 Å². The van der Waals surface area contributed by atoms with E-state index in [4.69, 9.17) is 9.47 Å². The van der Waals surface area contributed by atoms with E-state index in [1.54, 1.807) is 0 Å².